The maximum atomic E-state index is 11.8. The molecule has 4 rings (SSSR count). The Kier molecular flexibility index (Phi) is 6.13. The van der Waals surface area contributed by atoms with E-state index in [1.165, 1.54) is 28.6 Å². The van der Waals surface area contributed by atoms with Crippen LogP contribution in [0.25, 0.3) is 0 Å². The van der Waals surface area contributed by atoms with Crippen LogP contribution in [0.2, 0.25) is 0 Å². The van der Waals surface area contributed by atoms with Crippen molar-refractivity contribution in [3.8, 4) is 0 Å². The van der Waals surface area contributed by atoms with Crippen LogP contribution in [-0.4, -0.2) is 35.8 Å². The molecule has 0 saturated heterocycles. The zero-order chi connectivity index (χ0) is 25.9. The molecule has 0 fully saturated rings. The maximum absolute atomic E-state index is 11.8. The molecule has 1 N–H and O–H groups in total. The molecule has 186 valence electrons. The summed E-state index contributed by atoms with van der Waals surface area (Å²) in [6, 6.07) is 11.8. The molecule has 2 aromatic carbocycles. The third-order valence-corrected chi connectivity index (χ3v) is 8.34. The van der Waals surface area contributed by atoms with E-state index in [1.807, 2.05) is 0 Å². The van der Waals surface area contributed by atoms with E-state index in [0.717, 1.165) is 23.5 Å². The Morgan fingerprint density at radius 3 is 2.31 bits per heavy atom. The molecule has 0 atom stereocenters. The van der Waals surface area contributed by atoms with E-state index in [0.29, 0.717) is 0 Å². The van der Waals surface area contributed by atoms with Crippen LogP contribution >= 0.6 is 0 Å². The first-order valence-corrected chi connectivity index (χ1v) is 13.7. The minimum Gasteiger partial charge on any atom is -0.341 e. The molecule has 0 radical (unpaired) electrons. The second-order valence-electron chi connectivity index (χ2n) is 10.9. The topological polar surface area (TPSA) is 60.6 Å². The lowest BCUT2D eigenvalue weighted by Crippen LogP contribution is -2.31. The highest BCUT2D eigenvalue weighted by Gasteiger charge is 2.44. The second-order valence-corrected chi connectivity index (χ2v) is 12.4. The largest absolute Gasteiger partial charge is 0.341 e. The van der Waals surface area contributed by atoms with Crippen LogP contribution in [0.5, 0.6) is 0 Å². The van der Waals surface area contributed by atoms with E-state index in [1.54, 1.807) is 12.1 Å². The molecule has 2 aromatic rings. The highest BCUT2D eigenvalue weighted by Crippen LogP contribution is 2.49. The Hall–Kier alpha value is -2.70. The number of rotatable bonds is 5. The molecule has 35 heavy (non-hydrogen) atoms. The second kappa shape index (κ2) is 8.45. The molecule has 2 heterocycles. The van der Waals surface area contributed by atoms with Gasteiger partial charge in [-0.25, -0.2) is 0 Å². The van der Waals surface area contributed by atoms with Gasteiger partial charge in [0.15, 0.2) is 5.71 Å². The quantitative estimate of drug-likeness (QED) is 0.393. The van der Waals surface area contributed by atoms with Gasteiger partial charge in [-0.3, -0.25) is 4.55 Å². The minimum absolute atomic E-state index is 0.0697. The van der Waals surface area contributed by atoms with Crippen molar-refractivity contribution in [3.05, 3.63) is 77.0 Å². The molecule has 2 aliphatic rings. The minimum atomic E-state index is -4.27. The fourth-order valence-corrected chi connectivity index (χ4v) is 6.17. The van der Waals surface area contributed by atoms with Gasteiger partial charge in [0.1, 0.15) is 6.54 Å². The van der Waals surface area contributed by atoms with Crippen molar-refractivity contribution in [3.63, 3.8) is 0 Å². The number of nitrogens with zero attached hydrogens (tertiary/aromatic N) is 2. The van der Waals surface area contributed by atoms with Crippen molar-refractivity contribution in [2.24, 2.45) is 0 Å². The predicted octanol–water partition coefficient (Wildman–Crippen LogP) is 6.28. The lowest BCUT2D eigenvalue weighted by Gasteiger charge is -2.30. The summed E-state index contributed by atoms with van der Waals surface area (Å²) in [5.41, 5.74) is 7.58. The molecular formula is C29H37N2O3S+. The van der Waals surface area contributed by atoms with Gasteiger partial charge in [0, 0.05) is 40.5 Å². The molecule has 2 aliphatic heterocycles. The summed E-state index contributed by atoms with van der Waals surface area (Å²) in [6.45, 7) is 18.2. The SMILES string of the molecule is CC[N+]1=C(/C=C/C=C2/N(C(C)C)c3ccc(S(=O)(=O)O)cc3C2(C)C)C(C)(C)c2cc(C)ccc21. The van der Waals surface area contributed by atoms with Gasteiger partial charge >= 0.3 is 0 Å². The number of hydrogen-bond acceptors (Lipinski definition) is 3. The molecule has 0 aliphatic carbocycles. The maximum Gasteiger partial charge on any atom is 0.294 e. The van der Waals surface area contributed by atoms with Crippen LogP contribution in [-0.2, 0) is 20.9 Å². The number of anilines is 1. The molecule has 0 amide bonds. The highest BCUT2D eigenvalue weighted by atomic mass is 32.2. The van der Waals surface area contributed by atoms with Gasteiger partial charge in [-0.1, -0.05) is 31.6 Å². The van der Waals surface area contributed by atoms with Gasteiger partial charge in [0.05, 0.1) is 10.3 Å². The van der Waals surface area contributed by atoms with Gasteiger partial charge in [-0.15, -0.1) is 0 Å². The lowest BCUT2D eigenvalue weighted by atomic mass is 9.80. The fraction of sp³-hybridized carbons (Fsp3) is 0.414. The Morgan fingerprint density at radius 1 is 1.03 bits per heavy atom. The lowest BCUT2D eigenvalue weighted by molar-refractivity contribution is -0.433. The zero-order valence-corrected chi connectivity index (χ0v) is 22.9. The summed E-state index contributed by atoms with van der Waals surface area (Å²) in [5.74, 6) is 0. The smallest absolute Gasteiger partial charge is 0.294 e. The number of hydrogen-bond donors (Lipinski definition) is 1. The van der Waals surface area contributed by atoms with Crippen molar-refractivity contribution in [1.29, 1.82) is 0 Å². The average molecular weight is 494 g/mol. The summed E-state index contributed by atoms with van der Waals surface area (Å²) >= 11 is 0. The number of allylic oxidation sites excluding steroid dienone is 4. The van der Waals surface area contributed by atoms with Crippen LogP contribution in [0.3, 0.4) is 0 Å². The van der Waals surface area contributed by atoms with Gasteiger partial charge < -0.3 is 4.90 Å². The van der Waals surface area contributed by atoms with E-state index < -0.39 is 15.5 Å². The van der Waals surface area contributed by atoms with Gasteiger partial charge in [-0.05, 0) is 77.4 Å². The van der Waals surface area contributed by atoms with Crippen LogP contribution in [0, 0.1) is 6.92 Å². The van der Waals surface area contributed by atoms with Crippen molar-refractivity contribution >= 4 is 27.2 Å². The average Bonchev–Trinajstić information content (AvgIpc) is 3.11. The summed E-state index contributed by atoms with van der Waals surface area (Å²) < 4.78 is 35.6. The van der Waals surface area contributed by atoms with Crippen LogP contribution in [0.1, 0.15) is 65.2 Å². The number of aryl methyl sites for hydroxylation is 1. The zero-order valence-electron chi connectivity index (χ0n) is 22.0. The summed E-state index contributed by atoms with van der Waals surface area (Å²) in [7, 11) is -4.27. The third-order valence-electron chi connectivity index (χ3n) is 7.49. The monoisotopic (exact) mass is 493 g/mol. The summed E-state index contributed by atoms with van der Waals surface area (Å²) in [4.78, 5) is 2.19. The first-order valence-electron chi connectivity index (χ1n) is 12.3. The van der Waals surface area contributed by atoms with E-state index in [4.69, 9.17) is 0 Å². The van der Waals surface area contributed by atoms with E-state index in [-0.39, 0.29) is 16.4 Å². The van der Waals surface area contributed by atoms with Crippen molar-refractivity contribution in [2.75, 3.05) is 11.4 Å². The van der Waals surface area contributed by atoms with E-state index >= 15 is 0 Å². The number of benzene rings is 2. The fourth-order valence-electron chi connectivity index (χ4n) is 5.66. The highest BCUT2D eigenvalue weighted by molar-refractivity contribution is 7.85. The van der Waals surface area contributed by atoms with E-state index in [2.05, 4.69) is 101 Å². The van der Waals surface area contributed by atoms with E-state index in [9.17, 15) is 13.0 Å². The molecule has 0 unspecified atom stereocenters. The van der Waals surface area contributed by atoms with Crippen molar-refractivity contribution < 1.29 is 17.5 Å². The molecule has 5 nitrogen and oxygen atoms in total. The first kappa shape index (κ1) is 25.4. The molecule has 0 spiro atoms. The first-order chi connectivity index (χ1) is 16.2. The third kappa shape index (κ3) is 4.07. The molecule has 0 aromatic heterocycles. The Balaban J connectivity index is 1.80. The molecule has 0 saturated carbocycles. The van der Waals surface area contributed by atoms with Crippen LogP contribution in [0.15, 0.2) is 65.2 Å². The Bertz CT molecular complexity index is 1390. The number of fused-ring (bicyclic) bond motifs is 2. The van der Waals surface area contributed by atoms with Gasteiger partial charge in [0.2, 0.25) is 5.69 Å². The molecule has 0 bridgehead atoms. The summed E-state index contributed by atoms with van der Waals surface area (Å²) in [6.07, 6.45) is 6.49. The predicted molar refractivity (Wildman–Crippen MR) is 144 cm³/mol. The Labute approximate surface area is 210 Å². The Morgan fingerprint density at radius 2 is 1.71 bits per heavy atom. The van der Waals surface area contributed by atoms with Crippen molar-refractivity contribution in [2.45, 2.75) is 77.2 Å². The van der Waals surface area contributed by atoms with Gasteiger partial charge in [0.25, 0.3) is 10.1 Å². The van der Waals surface area contributed by atoms with Crippen LogP contribution in [0.4, 0.5) is 11.4 Å². The standard InChI is InChI=1S/C29H36N2O3S/c1-9-30-24-15-13-20(4)17-22(24)28(5,6)26(30)11-10-12-27-29(7,8)23-18-21(35(32,33)34)14-16-25(23)31(27)19(2)3/h10-19H,9H2,1-8H3/p+1. The van der Waals surface area contributed by atoms with Gasteiger partial charge in [-0.2, -0.15) is 13.0 Å². The molecular weight excluding hydrogens is 456 g/mol. The summed E-state index contributed by atoms with van der Waals surface area (Å²) in [5, 5.41) is 0. The van der Waals surface area contributed by atoms with Crippen molar-refractivity contribution in [1.82, 2.24) is 0 Å². The normalized spacial score (nSPS) is 19.8. The van der Waals surface area contributed by atoms with Crippen LogP contribution < -0.4 is 4.90 Å². The molecule has 6 heteroatoms.